The average Bonchev–Trinajstić information content (AvgIpc) is 2.53. The molecule has 1 saturated heterocycles. The number of hydrogen-bond acceptors (Lipinski definition) is 3. The normalized spacial score (nSPS) is 15.1. The predicted octanol–water partition coefficient (Wildman–Crippen LogP) is 1.70. The lowest BCUT2D eigenvalue weighted by Crippen LogP contribution is -2.52. The molecule has 0 saturated carbocycles. The summed E-state index contributed by atoms with van der Waals surface area (Å²) in [6.45, 7) is 8.21. The monoisotopic (exact) mass is 304 g/mol. The summed E-state index contributed by atoms with van der Waals surface area (Å²) in [7, 11) is 0. The van der Waals surface area contributed by atoms with Crippen LogP contribution in [0.15, 0.2) is 24.3 Å². The molecule has 0 N–H and O–H groups in total. The van der Waals surface area contributed by atoms with Gasteiger partial charge in [0.2, 0.25) is 5.91 Å². The molecule has 120 valence electrons. The smallest absolute Gasteiger partial charge is 0.260 e. The van der Waals surface area contributed by atoms with Crippen LogP contribution in [-0.2, 0) is 9.59 Å². The molecule has 2 amide bonds. The molecule has 0 atom stereocenters. The second kappa shape index (κ2) is 7.29. The molecule has 1 fully saturated rings. The highest BCUT2D eigenvalue weighted by molar-refractivity contribution is 5.80. The summed E-state index contributed by atoms with van der Waals surface area (Å²) in [4.78, 5) is 27.6. The van der Waals surface area contributed by atoms with E-state index >= 15 is 0 Å². The standard InChI is InChI=1S/C17H24N2O3/c1-13(2)17(21)19-10-8-18(9-11-19)16(20)12-22-15-6-4-14(3)5-7-15/h4-7,13H,8-12H2,1-3H3. The molecule has 0 radical (unpaired) electrons. The van der Waals surface area contributed by atoms with Gasteiger partial charge in [-0.1, -0.05) is 31.5 Å². The molecule has 2 rings (SSSR count). The maximum atomic E-state index is 12.1. The second-order valence-electron chi connectivity index (χ2n) is 5.96. The minimum absolute atomic E-state index is 0.00659. The minimum Gasteiger partial charge on any atom is -0.484 e. The summed E-state index contributed by atoms with van der Waals surface area (Å²) >= 11 is 0. The summed E-state index contributed by atoms with van der Waals surface area (Å²) in [5, 5.41) is 0. The van der Waals surface area contributed by atoms with E-state index in [-0.39, 0.29) is 24.3 Å². The van der Waals surface area contributed by atoms with Gasteiger partial charge in [-0.15, -0.1) is 0 Å². The highest BCUT2D eigenvalue weighted by Gasteiger charge is 2.25. The Balaban J connectivity index is 1.77. The van der Waals surface area contributed by atoms with Crippen LogP contribution >= 0.6 is 0 Å². The van der Waals surface area contributed by atoms with Gasteiger partial charge in [0.25, 0.3) is 5.91 Å². The van der Waals surface area contributed by atoms with Crippen molar-refractivity contribution in [3.8, 4) is 5.75 Å². The largest absolute Gasteiger partial charge is 0.484 e. The SMILES string of the molecule is Cc1ccc(OCC(=O)N2CCN(C(=O)C(C)C)CC2)cc1. The summed E-state index contributed by atoms with van der Waals surface area (Å²) in [6, 6.07) is 7.63. The number of benzene rings is 1. The molecule has 1 aliphatic rings. The zero-order valence-electron chi connectivity index (χ0n) is 13.5. The van der Waals surface area contributed by atoms with Crippen molar-refractivity contribution >= 4 is 11.8 Å². The molecule has 1 aromatic rings. The van der Waals surface area contributed by atoms with Crippen LogP contribution in [0.4, 0.5) is 0 Å². The van der Waals surface area contributed by atoms with Gasteiger partial charge in [0.15, 0.2) is 6.61 Å². The van der Waals surface area contributed by atoms with Crippen molar-refractivity contribution in [1.82, 2.24) is 9.80 Å². The quantitative estimate of drug-likeness (QED) is 0.851. The van der Waals surface area contributed by atoms with Gasteiger partial charge in [-0.2, -0.15) is 0 Å². The van der Waals surface area contributed by atoms with Crippen LogP contribution in [-0.4, -0.2) is 54.4 Å². The molecule has 22 heavy (non-hydrogen) atoms. The van der Waals surface area contributed by atoms with Crippen LogP contribution in [0.3, 0.4) is 0 Å². The number of aryl methyl sites for hydroxylation is 1. The van der Waals surface area contributed by atoms with E-state index in [1.807, 2.05) is 49.9 Å². The van der Waals surface area contributed by atoms with E-state index < -0.39 is 0 Å². The highest BCUT2D eigenvalue weighted by atomic mass is 16.5. The number of ether oxygens (including phenoxy) is 1. The Morgan fingerprint density at radius 2 is 1.59 bits per heavy atom. The molecule has 0 aliphatic carbocycles. The molecule has 1 aromatic carbocycles. The zero-order chi connectivity index (χ0) is 16.1. The van der Waals surface area contributed by atoms with E-state index in [2.05, 4.69) is 0 Å². The Morgan fingerprint density at radius 3 is 2.14 bits per heavy atom. The molecule has 1 aliphatic heterocycles. The van der Waals surface area contributed by atoms with Crippen LogP contribution in [0.2, 0.25) is 0 Å². The van der Waals surface area contributed by atoms with E-state index in [1.54, 1.807) is 4.90 Å². The van der Waals surface area contributed by atoms with Gasteiger partial charge in [0.1, 0.15) is 5.75 Å². The summed E-state index contributed by atoms with van der Waals surface area (Å²) in [5.74, 6) is 0.833. The van der Waals surface area contributed by atoms with Gasteiger partial charge < -0.3 is 14.5 Å². The molecule has 5 heteroatoms. The molecule has 0 aromatic heterocycles. The highest BCUT2D eigenvalue weighted by Crippen LogP contribution is 2.12. The Bertz CT molecular complexity index is 517. The first kappa shape index (κ1) is 16.3. The zero-order valence-corrected chi connectivity index (χ0v) is 13.5. The maximum Gasteiger partial charge on any atom is 0.260 e. The Labute approximate surface area is 131 Å². The van der Waals surface area contributed by atoms with Gasteiger partial charge in [-0.3, -0.25) is 9.59 Å². The van der Waals surface area contributed by atoms with E-state index in [1.165, 1.54) is 0 Å². The van der Waals surface area contributed by atoms with Crippen LogP contribution in [0.5, 0.6) is 5.75 Å². The number of rotatable bonds is 4. The van der Waals surface area contributed by atoms with Crippen molar-refractivity contribution < 1.29 is 14.3 Å². The third-order valence-corrected chi connectivity index (χ3v) is 3.82. The van der Waals surface area contributed by atoms with E-state index in [4.69, 9.17) is 4.74 Å². The fraction of sp³-hybridized carbons (Fsp3) is 0.529. The van der Waals surface area contributed by atoms with Gasteiger partial charge >= 0.3 is 0 Å². The number of carbonyl (C=O) groups excluding carboxylic acids is 2. The number of amides is 2. The lowest BCUT2D eigenvalue weighted by atomic mass is 10.1. The second-order valence-corrected chi connectivity index (χ2v) is 5.96. The van der Waals surface area contributed by atoms with Gasteiger partial charge in [-0.25, -0.2) is 0 Å². The first-order valence-electron chi connectivity index (χ1n) is 7.73. The minimum atomic E-state index is -0.0304. The molecule has 0 spiro atoms. The molecule has 0 unspecified atom stereocenters. The van der Waals surface area contributed by atoms with Crippen LogP contribution < -0.4 is 4.74 Å². The summed E-state index contributed by atoms with van der Waals surface area (Å²) in [6.07, 6.45) is 0. The lowest BCUT2D eigenvalue weighted by Gasteiger charge is -2.35. The number of hydrogen-bond donors (Lipinski definition) is 0. The number of carbonyl (C=O) groups is 2. The van der Waals surface area contributed by atoms with Gasteiger partial charge in [-0.05, 0) is 19.1 Å². The first-order chi connectivity index (χ1) is 10.5. The van der Waals surface area contributed by atoms with Gasteiger partial charge in [0.05, 0.1) is 0 Å². The Hall–Kier alpha value is -2.04. The first-order valence-corrected chi connectivity index (χ1v) is 7.73. The summed E-state index contributed by atoms with van der Waals surface area (Å²) < 4.78 is 5.52. The van der Waals surface area contributed by atoms with Gasteiger partial charge in [0, 0.05) is 32.1 Å². The third-order valence-electron chi connectivity index (χ3n) is 3.82. The fourth-order valence-electron chi connectivity index (χ4n) is 2.41. The van der Waals surface area contributed by atoms with Crippen molar-refractivity contribution in [2.24, 2.45) is 5.92 Å². The number of piperazine rings is 1. The molecular formula is C17H24N2O3. The van der Waals surface area contributed by atoms with Crippen LogP contribution in [0, 0.1) is 12.8 Å². The van der Waals surface area contributed by atoms with Crippen LogP contribution in [0.1, 0.15) is 19.4 Å². The Morgan fingerprint density at radius 1 is 1.05 bits per heavy atom. The molecular weight excluding hydrogens is 280 g/mol. The molecule has 5 nitrogen and oxygen atoms in total. The average molecular weight is 304 g/mol. The van der Waals surface area contributed by atoms with Crippen molar-refractivity contribution in [3.05, 3.63) is 29.8 Å². The van der Waals surface area contributed by atoms with Crippen molar-refractivity contribution in [1.29, 1.82) is 0 Å². The topological polar surface area (TPSA) is 49.9 Å². The third kappa shape index (κ3) is 4.23. The predicted molar refractivity (Wildman–Crippen MR) is 84.7 cm³/mol. The van der Waals surface area contributed by atoms with E-state index in [0.717, 1.165) is 5.56 Å². The van der Waals surface area contributed by atoms with Crippen molar-refractivity contribution in [2.45, 2.75) is 20.8 Å². The van der Waals surface area contributed by atoms with Crippen molar-refractivity contribution in [3.63, 3.8) is 0 Å². The fourth-order valence-corrected chi connectivity index (χ4v) is 2.41. The number of nitrogens with zero attached hydrogens (tertiary/aromatic N) is 2. The lowest BCUT2D eigenvalue weighted by molar-refractivity contribution is -0.142. The van der Waals surface area contributed by atoms with Crippen molar-refractivity contribution in [2.75, 3.05) is 32.8 Å². The van der Waals surface area contributed by atoms with E-state index in [0.29, 0.717) is 31.9 Å². The Kier molecular flexibility index (Phi) is 5.41. The van der Waals surface area contributed by atoms with Crippen LogP contribution in [0.25, 0.3) is 0 Å². The summed E-state index contributed by atoms with van der Waals surface area (Å²) in [5.41, 5.74) is 1.16. The molecule has 0 bridgehead atoms. The van der Waals surface area contributed by atoms with E-state index in [9.17, 15) is 9.59 Å². The molecule has 1 heterocycles. The maximum absolute atomic E-state index is 12.1.